The van der Waals surface area contributed by atoms with Crippen molar-refractivity contribution in [2.75, 3.05) is 32.8 Å². The van der Waals surface area contributed by atoms with E-state index in [9.17, 15) is 4.39 Å². The quantitative estimate of drug-likeness (QED) is 0.398. The largest absolute Gasteiger partial charge is 0.371 e. The molecule has 0 bridgehead atoms. The Kier molecular flexibility index (Phi) is 5.98. The van der Waals surface area contributed by atoms with E-state index in [1.807, 2.05) is 18.5 Å². The molecular weight excluding hydrogens is 475 g/mol. The summed E-state index contributed by atoms with van der Waals surface area (Å²) in [5.41, 5.74) is 2.74. The highest BCUT2D eigenvalue weighted by atomic mass is 32.1. The van der Waals surface area contributed by atoms with Gasteiger partial charge in [-0.05, 0) is 55.5 Å². The Bertz CT molecular complexity index is 1330. The average molecular weight is 507 g/mol. The van der Waals surface area contributed by atoms with E-state index in [0.717, 1.165) is 52.4 Å². The molecule has 3 aliphatic rings. The predicted molar refractivity (Wildman–Crippen MR) is 139 cm³/mol. The van der Waals surface area contributed by atoms with Crippen LogP contribution in [0.3, 0.4) is 0 Å². The second-order valence-corrected chi connectivity index (χ2v) is 11.4. The van der Waals surface area contributed by atoms with Crippen LogP contribution in [0, 0.1) is 5.82 Å². The molecule has 9 heteroatoms. The Morgan fingerprint density at radius 3 is 2.78 bits per heavy atom. The molecule has 0 spiro atoms. The fourth-order valence-corrected chi connectivity index (χ4v) is 7.08. The number of fused-ring (bicyclic) bond motifs is 2. The van der Waals surface area contributed by atoms with Crippen molar-refractivity contribution >= 4 is 32.5 Å². The minimum atomic E-state index is -0.231. The zero-order valence-corrected chi connectivity index (χ0v) is 21.0. The number of morpholine rings is 1. The van der Waals surface area contributed by atoms with Crippen LogP contribution in [0.1, 0.15) is 48.4 Å². The SMILES string of the molecule is Fc1cc(C2CN(C(c3cc4ncncc4s3)N3CCC(NC4CC4)CC3)CCO2)c2cc[nH]c2c1. The summed E-state index contributed by atoms with van der Waals surface area (Å²) in [6, 6.07) is 8.82. The van der Waals surface area contributed by atoms with Crippen molar-refractivity contribution in [2.45, 2.75) is 50.0 Å². The number of ether oxygens (including phenoxy) is 1. The van der Waals surface area contributed by atoms with Crippen molar-refractivity contribution in [2.24, 2.45) is 0 Å². The van der Waals surface area contributed by atoms with E-state index in [1.165, 1.54) is 30.6 Å². The summed E-state index contributed by atoms with van der Waals surface area (Å²) in [6.45, 7) is 4.29. The highest BCUT2D eigenvalue weighted by Crippen LogP contribution is 2.39. The molecule has 2 aliphatic heterocycles. The van der Waals surface area contributed by atoms with Crippen LogP contribution in [0.25, 0.3) is 21.1 Å². The average Bonchev–Trinajstić information content (AvgIpc) is 3.41. The molecule has 0 amide bonds. The molecule has 2 atom stereocenters. The van der Waals surface area contributed by atoms with Crippen LogP contribution < -0.4 is 5.32 Å². The van der Waals surface area contributed by atoms with Crippen molar-refractivity contribution < 1.29 is 9.13 Å². The lowest BCUT2D eigenvalue weighted by atomic mass is 10.0. The predicted octanol–water partition coefficient (Wildman–Crippen LogP) is 4.60. The van der Waals surface area contributed by atoms with Crippen LogP contribution in [-0.4, -0.2) is 69.6 Å². The van der Waals surface area contributed by atoms with Gasteiger partial charge in [0.15, 0.2) is 0 Å². The van der Waals surface area contributed by atoms with E-state index in [0.29, 0.717) is 19.2 Å². The number of likely N-dealkylation sites (tertiary alicyclic amines) is 1. The maximum absolute atomic E-state index is 14.5. The molecule has 0 radical (unpaired) electrons. The van der Waals surface area contributed by atoms with Crippen LogP contribution in [0.2, 0.25) is 0 Å². The van der Waals surface area contributed by atoms with Gasteiger partial charge in [0, 0.05) is 66.4 Å². The van der Waals surface area contributed by atoms with Crippen LogP contribution in [-0.2, 0) is 4.74 Å². The summed E-state index contributed by atoms with van der Waals surface area (Å²) in [4.78, 5) is 18.4. The molecule has 2 saturated heterocycles. The van der Waals surface area contributed by atoms with E-state index < -0.39 is 0 Å². The van der Waals surface area contributed by atoms with Gasteiger partial charge in [-0.2, -0.15) is 0 Å². The Hall–Kier alpha value is -2.43. The van der Waals surface area contributed by atoms with E-state index in [1.54, 1.807) is 29.8 Å². The van der Waals surface area contributed by atoms with Crippen LogP contribution in [0.15, 0.2) is 43.0 Å². The zero-order chi connectivity index (χ0) is 24.1. The van der Waals surface area contributed by atoms with E-state index in [2.05, 4.69) is 36.1 Å². The molecule has 3 fully saturated rings. The van der Waals surface area contributed by atoms with E-state index in [-0.39, 0.29) is 18.1 Å². The molecule has 1 aromatic carbocycles. The van der Waals surface area contributed by atoms with Gasteiger partial charge in [-0.25, -0.2) is 14.4 Å². The van der Waals surface area contributed by atoms with E-state index in [4.69, 9.17) is 4.74 Å². The van der Waals surface area contributed by atoms with Gasteiger partial charge in [0.25, 0.3) is 0 Å². The Morgan fingerprint density at radius 1 is 1.08 bits per heavy atom. The Balaban J connectivity index is 1.19. The highest BCUT2D eigenvalue weighted by Gasteiger charge is 2.36. The minimum absolute atomic E-state index is 0.146. The summed E-state index contributed by atoms with van der Waals surface area (Å²) >= 11 is 1.79. The second kappa shape index (κ2) is 9.46. The summed E-state index contributed by atoms with van der Waals surface area (Å²) in [5, 5.41) is 4.86. The first-order valence-electron chi connectivity index (χ1n) is 13.0. The Labute approximate surface area is 213 Å². The summed E-state index contributed by atoms with van der Waals surface area (Å²) < 4.78 is 21.9. The van der Waals surface area contributed by atoms with Crippen molar-refractivity contribution in [3.05, 3.63) is 59.2 Å². The normalized spacial score (nSPS) is 23.5. The number of rotatable bonds is 6. The fraction of sp³-hybridized carbons (Fsp3) is 0.481. The molecule has 4 aromatic rings. The van der Waals surface area contributed by atoms with Gasteiger partial charge in [0.2, 0.25) is 0 Å². The van der Waals surface area contributed by atoms with Gasteiger partial charge >= 0.3 is 0 Å². The third-order valence-corrected chi connectivity index (χ3v) is 8.95. The van der Waals surface area contributed by atoms with Crippen molar-refractivity contribution in [1.82, 2.24) is 30.1 Å². The number of nitrogens with zero attached hydrogens (tertiary/aromatic N) is 4. The molecule has 5 heterocycles. The molecule has 7 rings (SSSR count). The highest BCUT2D eigenvalue weighted by molar-refractivity contribution is 7.19. The first-order chi connectivity index (χ1) is 17.7. The van der Waals surface area contributed by atoms with Gasteiger partial charge in [-0.3, -0.25) is 9.80 Å². The molecule has 1 saturated carbocycles. The third-order valence-electron chi connectivity index (χ3n) is 7.85. The van der Waals surface area contributed by atoms with Gasteiger partial charge in [-0.15, -0.1) is 11.3 Å². The van der Waals surface area contributed by atoms with Gasteiger partial charge in [-0.1, -0.05) is 0 Å². The topological polar surface area (TPSA) is 69.3 Å². The lowest BCUT2D eigenvalue weighted by Crippen LogP contribution is -2.51. The number of hydrogen-bond acceptors (Lipinski definition) is 7. The number of nitrogens with one attached hydrogen (secondary N) is 2. The van der Waals surface area contributed by atoms with Gasteiger partial charge in [0.05, 0.1) is 29.1 Å². The maximum Gasteiger partial charge on any atom is 0.125 e. The number of H-pyrrole nitrogens is 1. The summed E-state index contributed by atoms with van der Waals surface area (Å²) in [7, 11) is 0. The number of halogens is 1. The second-order valence-electron chi connectivity index (χ2n) is 10.3. The van der Waals surface area contributed by atoms with E-state index >= 15 is 0 Å². The molecule has 3 aromatic heterocycles. The van der Waals surface area contributed by atoms with Crippen LogP contribution >= 0.6 is 11.3 Å². The monoisotopic (exact) mass is 506 g/mol. The number of benzene rings is 1. The third kappa shape index (κ3) is 4.43. The van der Waals surface area contributed by atoms with Crippen molar-refractivity contribution in [1.29, 1.82) is 0 Å². The van der Waals surface area contributed by atoms with Crippen LogP contribution in [0.5, 0.6) is 0 Å². The van der Waals surface area contributed by atoms with Crippen molar-refractivity contribution in [3.8, 4) is 0 Å². The maximum atomic E-state index is 14.5. The van der Waals surface area contributed by atoms with Crippen molar-refractivity contribution in [3.63, 3.8) is 0 Å². The van der Waals surface area contributed by atoms with Gasteiger partial charge < -0.3 is 15.0 Å². The fourth-order valence-electron chi connectivity index (χ4n) is 5.92. The molecule has 2 unspecified atom stereocenters. The zero-order valence-electron chi connectivity index (χ0n) is 20.2. The first kappa shape index (κ1) is 22.7. The molecule has 2 N–H and O–H groups in total. The number of aromatic amines is 1. The lowest BCUT2D eigenvalue weighted by Gasteiger charge is -2.45. The number of thiophene rings is 1. The minimum Gasteiger partial charge on any atom is -0.371 e. The number of aromatic nitrogens is 3. The molecule has 36 heavy (non-hydrogen) atoms. The Morgan fingerprint density at radius 2 is 1.94 bits per heavy atom. The number of piperidine rings is 1. The smallest absolute Gasteiger partial charge is 0.125 e. The number of hydrogen-bond donors (Lipinski definition) is 2. The standard InChI is InChI=1S/C27H31FN6OS/c28-17-11-21(20-3-6-30-22(20)12-17)24-15-34(9-10-35-24)27(25-13-23-26(36-25)14-29-16-31-23)33-7-4-19(5-8-33)32-18-1-2-18/h3,6,11-14,16,18-19,24,27,30,32H,1-2,4-5,7-10,15H2. The van der Waals surface area contributed by atoms with Crippen LogP contribution in [0.4, 0.5) is 4.39 Å². The van der Waals surface area contributed by atoms with Gasteiger partial charge in [0.1, 0.15) is 12.1 Å². The molecule has 188 valence electrons. The molecule has 1 aliphatic carbocycles. The molecular formula is C27H31FN6OS. The summed E-state index contributed by atoms with van der Waals surface area (Å²) in [5.74, 6) is -0.231. The lowest BCUT2D eigenvalue weighted by molar-refractivity contribution is -0.0809. The first-order valence-corrected chi connectivity index (χ1v) is 13.8. The summed E-state index contributed by atoms with van der Waals surface area (Å²) in [6.07, 6.45) is 10.4. The molecule has 7 nitrogen and oxygen atoms in total.